The standard InChI is InChI=1S/C26H28F2N8O3S/c1-4-35(3)40(38,39)34-20-6-5-19(27)22(23(20)28)24(37)18-14-31-25-21(18)15(2)17(13-30-25)16-11-32-26(33-12-16)36-9-7-29-8-10-36/h5-6,11-14,29,34H,4,7-10H2,1-3H3,(H,30,31). The van der Waals surface area contributed by atoms with Crippen LogP contribution in [0.3, 0.4) is 0 Å². The van der Waals surface area contributed by atoms with Gasteiger partial charge in [0, 0.05) is 81.1 Å². The van der Waals surface area contributed by atoms with Gasteiger partial charge in [0.15, 0.2) is 5.82 Å². The summed E-state index contributed by atoms with van der Waals surface area (Å²) < 4.78 is 58.2. The van der Waals surface area contributed by atoms with Gasteiger partial charge in [0.2, 0.25) is 11.7 Å². The topological polar surface area (TPSA) is 136 Å². The Hall–Kier alpha value is -4.01. The normalized spacial score (nSPS) is 14.2. The number of hydrogen-bond acceptors (Lipinski definition) is 8. The lowest BCUT2D eigenvalue weighted by molar-refractivity contribution is 0.103. The number of benzene rings is 1. The van der Waals surface area contributed by atoms with Gasteiger partial charge in [-0.25, -0.2) is 23.7 Å². The summed E-state index contributed by atoms with van der Waals surface area (Å²) in [6.07, 6.45) is 6.31. The molecule has 210 valence electrons. The molecule has 11 nitrogen and oxygen atoms in total. The number of nitrogens with one attached hydrogen (secondary N) is 3. The number of nitrogens with zero attached hydrogens (tertiary/aromatic N) is 5. The van der Waals surface area contributed by atoms with E-state index in [1.807, 2.05) is 0 Å². The van der Waals surface area contributed by atoms with Crippen molar-refractivity contribution in [1.29, 1.82) is 0 Å². The number of anilines is 2. The van der Waals surface area contributed by atoms with Crippen molar-refractivity contribution in [3.05, 3.63) is 65.2 Å². The molecule has 0 spiro atoms. The second-order valence-corrected chi connectivity index (χ2v) is 11.1. The van der Waals surface area contributed by atoms with Crippen LogP contribution in [0.4, 0.5) is 20.4 Å². The molecule has 1 fully saturated rings. The van der Waals surface area contributed by atoms with Crippen molar-refractivity contribution in [2.45, 2.75) is 13.8 Å². The van der Waals surface area contributed by atoms with E-state index >= 15 is 4.39 Å². The quantitative estimate of drug-likeness (QED) is 0.275. The Labute approximate surface area is 229 Å². The van der Waals surface area contributed by atoms with Crippen LogP contribution in [0, 0.1) is 18.6 Å². The van der Waals surface area contributed by atoms with Crippen LogP contribution < -0.4 is 14.9 Å². The van der Waals surface area contributed by atoms with Gasteiger partial charge < -0.3 is 15.2 Å². The van der Waals surface area contributed by atoms with E-state index in [1.54, 1.807) is 32.4 Å². The van der Waals surface area contributed by atoms with Crippen LogP contribution in [-0.4, -0.2) is 78.2 Å². The summed E-state index contributed by atoms with van der Waals surface area (Å²) in [5.74, 6) is -2.78. The number of hydrogen-bond donors (Lipinski definition) is 3. The molecule has 1 aliphatic rings. The number of aryl methyl sites for hydroxylation is 1. The molecular formula is C26H28F2N8O3S. The summed E-state index contributed by atoms with van der Waals surface area (Å²) in [6.45, 7) is 6.78. The van der Waals surface area contributed by atoms with Crippen LogP contribution in [0.25, 0.3) is 22.2 Å². The van der Waals surface area contributed by atoms with E-state index in [-0.39, 0.29) is 12.1 Å². The molecule has 4 heterocycles. The van der Waals surface area contributed by atoms with E-state index in [4.69, 9.17) is 0 Å². The number of carbonyl (C=O) groups excluding carboxylic acids is 1. The number of carbonyl (C=O) groups is 1. The lowest BCUT2D eigenvalue weighted by Gasteiger charge is -2.27. The largest absolute Gasteiger partial charge is 0.345 e. The number of aromatic amines is 1. The van der Waals surface area contributed by atoms with Crippen molar-refractivity contribution in [1.82, 2.24) is 29.6 Å². The van der Waals surface area contributed by atoms with E-state index < -0.39 is 38.9 Å². The molecule has 1 aliphatic heterocycles. The first-order valence-corrected chi connectivity index (χ1v) is 14.1. The molecule has 0 radical (unpaired) electrons. The average molecular weight is 571 g/mol. The SMILES string of the molecule is CCN(C)S(=O)(=O)Nc1ccc(F)c(C(=O)c2c[nH]c3ncc(-c4cnc(N5CCNCC5)nc4)c(C)c23)c1F. The molecule has 5 rings (SSSR count). The molecule has 0 unspecified atom stereocenters. The molecule has 0 amide bonds. The van der Waals surface area contributed by atoms with E-state index in [9.17, 15) is 17.6 Å². The van der Waals surface area contributed by atoms with Gasteiger partial charge in [-0.1, -0.05) is 6.92 Å². The fourth-order valence-corrected chi connectivity index (χ4v) is 5.51. The van der Waals surface area contributed by atoms with Crippen LogP contribution in [0.5, 0.6) is 0 Å². The lowest BCUT2D eigenvalue weighted by Crippen LogP contribution is -2.44. The molecule has 0 aliphatic carbocycles. The molecule has 14 heteroatoms. The summed E-state index contributed by atoms with van der Waals surface area (Å²) in [5, 5.41) is 3.66. The van der Waals surface area contributed by atoms with Crippen molar-refractivity contribution in [2.75, 3.05) is 49.4 Å². The average Bonchev–Trinajstić information content (AvgIpc) is 3.40. The van der Waals surface area contributed by atoms with E-state index in [1.165, 1.54) is 13.2 Å². The smallest absolute Gasteiger partial charge is 0.301 e. The Balaban J connectivity index is 1.52. The fourth-order valence-electron chi connectivity index (χ4n) is 4.57. The first kappa shape index (κ1) is 27.6. The zero-order chi connectivity index (χ0) is 28.6. The number of fused-ring (bicyclic) bond motifs is 1. The number of H-pyrrole nitrogens is 1. The first-order valence-electron chi connectivity index (χ1n) is 12.6. The molecule has 0 saturated carbocycles. The molecule has 3 N–H and O–H groups in total. The third kappa shape index (κ3) is 5.00. The van der Waals surface area contributed by atoms with Crippen molar-refractivity contribution >= 4 is 38.7 Å². The predicted octanol–water partition coefficient (Wildman–Crippen LogP) is 2.86. The molecule has 0 atom stereocenters. The number of halogens is 2. The summed E-state index contributed by atoms with van der Waals surface area (Å²) >= 11 is 0. The third-order valence-electron chi connectivity index (χ3n) is 6.97. The van der Waals surface area contributed by atoms with Gasteiger partial charge in [-0.3, -0.25) is 9.52 Å². The summed E-state index contributed by atoms with van der Waals surface area (Å²) in [6, 6.07) is 1.79. The van der Waals surface area contributed by atoms with Gasteiger partial charge in [-0.05, 0) is 24.6 Å². The Morgan fingerprint density at radius 1 is 1.12 bits per heavy atom. The number of aromatic nitrogens is 4. The lowest BCUT2D eigenvalue weighted by atomic mass is 9.96. The fraction of sp³-hybridized carbons (Fsp3) is 0.308. The van der Waals surface area contributed by atoms with Gasteiger partial charge in [-0.2, -0.15) is 12.7 Å². The van der Waals surface area contributed by atoms with E-state index in [2.05, 4.69) is 34.9 Å². The Kier molecular flexibility index (Phi) is 7.49. The van der Waals surface area contributed by atoms with Crippen LogP contribution in [-0.2, 0) is 10.2 Å². The van der Waals surface area contributed by atoms with Gasteiger partial charge in [0.05, 0.1) is 16.8 Å². The molecule has 1 saturated heterocycles. The summed E-state index contributed by atoms with van der Waals surface area (Å²) in [5.41, 5.74) is 0.873. The second kappa shape index (κ2) is 10.9. The van der Waals surface area contributed by atoms with Gasteiger partial charge in [-0.15, -0.1) is 0 Å². The van der Waals surface area contributed by atoms with Gasteiger partial charge in [0.25, 0.3) is 0 Å². The Morgan fingerprint density at radius 2 is 1.82 bits per heavy atom. The highest BCUT2D eigenvalue weighted by molar-refractivity contribution is 7.90. The maximum absolute atomic E-state index is 15.5. The molecule has 0 bridgehead atoms. The monoisotopic (exact) mass is 570 g/mol. The minimum atomic E-state index is -4.11. The highest BCUT2D eigenvalue weighted by Crippen LogP contribution is 2.33. The number of pyridine rings is 1. The predicted molar refractivity (Wildman–Crippen MR) is 148 cm³/mol. The Morgan fingerprint density at radius 3 is 2.50 bits per heavy atom. The molecule has 1 aromatic carbocycles. The highest BCUT2D eigenvalue weighted by atomic mass is 32.2. The van der Waals surface area contributed by atoms with Crippen molar-refractivity contribution < 1.29 is 22.0 Å². The van der Waals surface area contributed by atoms with Crippen LogP contribution in [0.2, 0.25) is 0 Å². The van der Waals surface area contributed by atoms with Gasteiger partial charge in [0.1, 0.15) is 11.5 Å². The summed E-state index contributed by atoms with van der Waals surface area (Å²) in [7, 11) is -2.80. The van der Waals surface area contributed by atoms with Crippen molar-refractivity contribution in [2.24, 2.45) is 0 Å². The zero-order valence-corrected chi connectivity index (χ0v) is 22.9. The molecule has 40 heavy (non-hydrogen) atoms. The molecule has 4 aromatic rings. The zero-order valence-electron chi connectivity index (χ0n) is 22.1. The maximum Gasteiger partial charge on any atom is 0.301 e. The maximum atomic E-state index is 15.5. The number of piperazine rings is 1. The third-order valence-corrected chi connectivity index (χ3v) is 8.52. The first-order chi connectivity index (χ1) is 19.1. The molecular weight excluding hydrogens is 542 g/mol. The minimum absolute atomic E-state index is 0.0105. The number of rotatable bonds is 8. The number of ketones is 1. The van der Waals surface area contributed by atoms with E-state index in [0.717, 1.165) is 42.6 Å². The van der Waals surface area contributed by atoms with Crippen molar-refractivity contribution in [3.8, 4) is 11.1 Å². The van der Waals surface area contributed by atoms with Crippen LogP contribution in [0.1, 0.15) is 28.4 Å². The van der Waals surface area contributed by atoms with E-state index in [0.29, 0.717) is 33.7 Å². The van der Waals surface area contributed by atoms with Crippen LogP contribution in [0.15, 0.2) is 36.9 Å². The minimum Gasteiger partial charge on any atom is -0.345 e. The summed E-state index contributed by atoms with van der Waals surface area (Å²) in [4.78, 5) is 31.9. The van der Waals surface area contributed by atoms with Crippen molar-refractivity contribution in [3.63, 3.8) is 0 Å². The Bertz CT molecular complexity index is 1690. The highest BCUT2D eigenvalue weighted by Gasteiger charge is 2.28. The second-order valence-electron chi connectivity index (χ2n) is 9.37. The molecule has 3 aromatic heterocycles. The van der Waals surface area contributed by atoms with Gasteiger partial charge >= 0.3 is 10.2 Å². The van der Waals surface area contributed by atoms with Crippen LogP contribution >= 0.6 is 0 Å².